The Morgan fingerprint density at radius 3 is 2.18 bits per heavy atom. The molecule has 0 aromatic carbocycles. The summed E-state index contributed by atoms with van der Waals surface area (Å²) >= 11 is 0. The molecule has 11 heavy (non-hydrogen) atoms. The van der Waals surface area contributed by atoms with Gasteiger partial charge in [0.25, 0.3) is 0 Å². The van der Waals surface area contributed by atoms with Crippen molar-refractivity contribution in [1.29, 1.82) is 0 Å². The van der Waals surface area contributed by atoms with Gasteiger partial charge in [-0.15, -0.1) is 0 Å². The van der Waals surface area contributed by atoms with Crippen LogP contribution in [0.15, 0.2) is 0 Å². The standard InChI is InChI=1S/C5H10N2O3.Rb/c1-3(8)4(2-6)7-5(9)10;/h4,7H,2,6H2,1H3,(H,9,10);/q;+1/p-1. The van der Waals surface area contributed by atoms with Gasteiger partial charge in [-0.2, -0.15) is 0 Å². The Morgan fingerprint density at radius 1 is 1.64 bits per heavy atom. The molecule has 6 heteroatoms. The molecule has 1 amide bonds. The average molecular weight is 231 g/mol. The van der Waals surface area contributed by atoms with E-state index in [1.807, 2.05) is 5.32 Å². The molecule has 1 unspecified atom stereocenters. The van der Waals surface area contributed by atoms with Gasteiger partial charge in [0, 0.05) is 6.54 Å². The zero-order valence-electron chi connectivity index (χ0n) is 6.59. The second-order valence-electron chi connectivity index (χ2n) is 1.83. The van der Waals surface area contributed by atoms with Crippen molar-refractivity contribution < 1.29 is 72.9 Å². The molecule has 0 radical (unpaired) electrons. The van der Waals surface area contributed by atoms with Crippen LogP contribution < -0.4 is 74.3 Å². The van der Waals surface area contributed by atoms with Crippen LogP contribution in [0.25, 0.3) is 0 Å². The number of Topliss-reactive ketones (excluding diaryl/α,β-unsaturated/α-hetero) is 1. The molecule has 3 N–H and O–H groups in total. The predicted octanol–water partition coefficient (Wildman–Crippen LogP) is -5.16. The van der Waals surface area contributed by atoms with Crippen LogP contribution in [-0.4, -0.2) is 24.5 Å². The Morgan fingerprint density at radius 2 is 2.09 bits per heavy atom. The number of nitrogens with two attached hydrogens (primary N) is 1. The monoisotopic (exact) mass is 230 g/mol. The summed E-state index contributed by atoms with van der Waals surface area (Å²) in [4.78, 5) is 20.3. The molecule has 0 rings (SSSR count). The number of hydrogen-bond donors (Lipinski definition) is 2. The first-order valence-corrected chi connectivity index (χ1v) is 2.76. The molecule has 5 nitrogen and oxygen atoms in total. The molecule has 0 aliphatic heterocycles. The Hall–Kier alpha value is 0.705. The number of nitrogens with one attached hydrogen (secondary N) is 1. The molecule has 0 aromatic rings. The van der Waals surface area contributed by atoms with Crippen LogP contribution in [0.3, 0.4) is 0 Å². The molecule has 0 spiro atoms. The van der Waals surface area contributed by atoms with Crippen molar-refractivity contribution in [1.82, 2.24) is 5.32 Å². The van der Waals surface area contributed by atoms with E-state index in [0.717, 1.165) is 0 Å². The third-order valence-corrected chi connectivity index (χ3v) is 1.02. The SMILES string of the molecule is CC(=O)C(CN)NC(=O)[O-].[Rb+]. The summed E-state index contributed by atoms with van der Waals surface area (Å²) in [6.07, 6.45) is -1.48. The zero-order valence-corrected chi connectivity index (χ0v) is 11.5. The van der Waals surface area contributed by atoms with Crippen molar-refractivity contribution in [2.75, 3.05) is 6.54 Å². The summed E-state index contributed by atoms with van der Waals surface area (Å²) < 4.78 is 0. The van der Waals surface area contributed by atoms with E-state index in [0.29, 0.717) is 0 Å². The van der Waals surface area contributed by atoms with Crippen LogP contribution in [0.2, 0.25) is 0 Å². The molecular formula is C5H9N2O3Rb. The van der Waals surface area contributed by atoms with E-state index in [2.05, 4.69) is 0 Å². The number of carbonyl (C=O) groups excluding carboxylic acids is 2. The maximum Gasteiger partial charge on any atom is 1.00 e. The molecule has 0 saturated carbocycles. The van der Waals surface area contributed by atoms with Gasteiger partial charge in [0.1, 0.15) is 6.09 Å². The van der Waals surface area contributed by atoms with Gasteiger partial charge in [0.15, 0.2) is 5.78 Å². The molecule has 0 fully saturated rings. The first-order chi connectivity index (χ1) is 4.57. The van der Waals surface area contributed by atoms with Crippen molar-refractivity contribution in [2.24, 2.45) is 5.73 Å². The topological polar surface area (TPSA) is 95.2 Å². The maximum atomic E-state index is 10.5. The molecule has 0 heterocycles. The van der Waals surface area contributed by atoms with E-state index >= 15 is 0 Å². The van der Waals surface area contributed by atoms with E-state index in [-0.39, 0.29) is 70.5 Å². The van der Waals surface area contributed by atoms with Crippen LogP contribution in [0.4, 0.5) is 4.79 Å². The molecule has 0 bridgehead atoms. The fourth-order valence-electron chi connectivity index (χ4n) is 0.469. The second-order valence-corrected chi connectivity index (χ2v) is 1.83. The number of hydrogen-bond acceptors (Lipinski definition) is 4. The largest absolute Gasteiger partial charge is 1.00 e. The molecule has 0 aromatic heterocycles. The third-order valence-electron chi connectivity index (χ3n) is 1.02. The van der Waals surface area contributed by atoms with Gasteiger partial charge in [-0.3, -0.25) is 4.79 Å². The minimum atomic E-state index is -1.48. The molecule has 0 aliphatic rings. The Labute approximate surface area is 113 Å². The summed E-state index contributed by atoms with van der Waals surface area (Å²) in [5, 5.41) is 11.7. The van der Waals surface area contributed by atoms with E-state index in [1.54, 1.807) is 0 Å². The Balaban J connectivity index is 0. The van der Waals surface area contributed by atoms with Gasteiger partial charge in [0.05, 0.1) is 6.04 Å². The van der Waals surface area contributed by atoms with E-state index in [1.165, 1.54) is 6.92 Å². The van der Waals surface area contributed by atoms with Crippen molar-refractivity contribution in [3.05, 3.63) is 0 Å². The van der Waals surface area contributed by atoms with Gasteiger partial charge in [-0.25, -0.2) is 0 Å². The summed E-state index contributed by atoms with van der Waals surface area (Å²) in [6.45, 7) is 1.22. The summed E-state index contributed by atoms with van der Waals surface area (Å²) in [5.41, 5.74) is 5.05. The normalized spacial score (nSPS) is 11.1. The minimum Gasteiger partial charge on any atom is -0.530 e. The second kappa shape index (κ2) is 7.36. The fraction of sp³-hybridized carbons (Fsp3) is 0.600. The predicted molar refractivity (Wildman–Crippen MR) is 32.1 cm³/mol. The molecule has 1 atom stereocenters. The van der Waals surface area contributed by atoms with Crippen LogP contribution >= 0.6 is 0 Å². The van der Waals surface area contributed by atoms with E-state index in [9.17, 15) is 14.7 Å². The summed E-state index contributed by atoms with van der Waals surface area (Å²) in [5.74, 6) is -0.313. The molecule has 0 aliphatic carbocycles. The van der Waals surface area contributed by atoms with Crippen LogP contribution in [0, 0.1) is 0 Å². The number of carbonyl (C=O) groups is 2. The van der Waals surface area contributed by atoms with Crippen molar-refractivity contribution in [3.8, 4) is 0 Å². The van der Waals surface area contributed by atoms with Crippen LogP contribution in [0.1, 0.15) is 6.92 Å². The van der Waals surface area contributed by atoms with Crippen LogP contribution in [0.5, 0.6) is 0 Å². The molecule has 0 saturated heterocycles. The van der Waals surface area contributed by atoms with Crippen molar-refractivity contribution in [2.45, 2.75) is 13.0 Å². The average Bonchev–Trinajstić information content (AvgIpc) is 1.81. The van der Waals surface area contributed by atoms with Gasteiger partial charge >= 0.3 is 58.2 Å². The van der Waals surface area contributed by atoms with Gasteiger partial charge in [0.2, 0.25) is 0 Å². The number of amides is 1. The maximum absolute atomic E-state index is 10.5. The van der Waals surface area contributed by atoms with Gasteiger partial charge in [-0.1, -0.05) is 0 Å². The first-order valence-electron chi connectivity index (χ1n) is 2.76. The minimum absolute atomic E-state index is 0. The van der Waals surface area contributed by atoms with E-state index in [4.69, 9.17) is 5.73 Å². The molecule has 58 valence electrons. The fourth-order valence-corrected chi connectivity index (χ4v) is 0.469. The summed E-state index contributed by atoms with van der Waals surface area (Å²) in [6, 6.07) is -0.829. The van der Waals surface area contributed by atoms with Gasteiger partial charge < -0.3 is 21.0 Å². The zero-order chi connectivity index (χ0) is 8.15. The number of rotatable bonds is 3. The number of carboxylic acid groups (broad SMARTS) is 1. The quantitative estimate of drug-likeness (QED) is 0.507. The number of ketones is 1. The smallest absolute Gasteiger partial charge is 0.530 e. The molecular weight excluding hydrogens is 222 g/mol. The Bertz CT molecular complexity index is 151. The van der Waals surface area contributed by atoms with Crippen molar-refractivity contribution in [3.63, 3.8) is 0 Å². The van der Waals surface area contributed by atoms with Crippen LogP contribution in [-0.2, 0) is 4.79 Å². The Kier molecular flexibility index (Phi) is 9.53. The third kappa shape index (κ3) is 7.08. The van der Waals surface area contributed by atoms with Crippen molar-refractivity contribution >= 4 is 11.9 Å². The van der Waals surface area contributed by atoms with Gasteiger partial charge in [-0.05, 0) is 6.92 Å². The van der Waals surface area contributed by atoms with E-state index < -0.39 is 12.1 Å². The summed E-state index contributed by atoms with van der Waals surface area (Å²) in [7, 11) is 0. The first kappa shape index (κ1) is 14.2.